The number of thiazole rings is 1. The van der Waals surface area contributed by atoms with Crippen molar-refractivity contribution in [1.29, 1.82) is 0 Å². The summed E-state index contributed by atoms with van der Waals surface area (Å²) in [6.07, 6.45) is 0. The van der Waals surface area contributed by atoms with Crippen LogP contribution in [0.5, 0.6) is 11.5 Å². The summed E-state index contributed by atoms with van der Waals surface area (Å²) < 4.78 is 11.9. The zero-order valence-corrected chi connectivity index (χ0v) is 18.0. The van der Waals surface area contributed by atoms with Crippen molar-refractivity contribution in [1.82, 2.24) is 9.88 Å². The molecule has 3 aromatic rings. The summed E-state index contributed by atoms with van der Waals surface area (Å²) in [6.45, 7) is 6.90. The maximum atomic E-state index is 12.9. The highest BCUT2D eigenvalue weighted by molar-refractivity contribution is 7.22. The van der Waals surface area contributed by atoms with Crippen LogP contribution >= 0.6 is 11.3 Å². The Kier molecular flexibility index (Phi) is 5.32. The third kappa shape index (κ3) is 3.62. The number of benzene rings is 2. The van der Waals surface area contributed by atoms with Gasteiger partial charge in [0.05, 0.1) is 14.2 Å². The second-order valence-electron chi connectivity index (χ2n) is 7.24. The van der Waals surface area contributed by atoms with Crippen LogP contribution in [0.1, 0.15) is 21.5 Å². The first-order valence-corrected chi connectivity index (χ1v) is 10.5. The molecule has 6 nitrogen and oxygen atoms in total. The summed E-state index contributed by atoms with van der Waals surface area (Å²) in [5.41, 5.74) is 3.81. The van der Waals surface area contributed by atoms with Crippen molar-refractivity contribution in [3.8, 4) is 11.5 Å². The highest BCUT2D eigenvalue weighted by Crippen LogP contribution is 2.40. The van der Waals surface area contributed by atoms with Gasteiger partial charge in [0.1, 0.15) is 21.7 Å². The van der Waals surface area contributed by atoms with Crippen molar-refractivity contribution in [3.63, 3.8) is 0 Å². The van der Waals surface area contributed by atoms with E-state index in [4.69, 9.17) is 14.5 Å². The number of fused-ring (bicyclic) bond motifs is 1. The van der Waals surface area contributed by atoms with E-state index in [9.17, 15) is 4.79 Å². The van der Waals surface area contributed by atoms with Gasteiger partial charge in [0.15, 0.2) is 5.13 Å². The summed E-state index contributed by atoms with van der Waals surface area (Å²) in [5, 5.41) is 0.932. The number of rotatable bonds is 4. The molecule has 7 heteroatoms. The lowest BCUT2D eigenvalue weighted by molar-refractivity contribution is 0.0746. The molecule has 1 amide bonds. The number of nitrogens with zero attached hydrogens (tertiary/aromatic N) is 3. The minimum absolute atomic E-state index is 0.106. The van der Waals surface area contributed by atoms with Crippen molar-refractivity contribution >= 4 is 32.6 Å². The molecule has 0 unspecified atom stereocenters. The van der Waals surface area contributed by atoms with Crippen molar-refractivity contribution in [3.05, 3.63) is 47.0 Å². The molecule has 0 N–H and O–H groups in total. The Morgan fingerprint density at radius 1 is 1.00 bits per heavy atom. The van der Waals surface area contributed by atoms with Gasteiger partial charge in [-0.25, -0.2) is 4.98 Å². The molecule has 2 aromatic carbocycles. The smallest absolute Gasteiger partial charge is 0.254 e. The highest BCUT2D eigenvalue weighted by Gasteiger charge is 2.25. The Hall–Kier alpha value is -2.80. The van der Waals surface area contributed by atoms with E-state index in [1.54, 1.807) is 25.6 Å². The Morgan fingerprint density at radius 2 is 1.69 bits per heavy atom. The van der Waals surface area contributed by atoms with E-state index >= 15 is 0 Å². The van der Waals surface area contributed by atoms with Crippen LogP contribution < -0.4 is 14.4 Å². The second kappa shape index (κ2) is 7.91. The van der Waals surface area contributed by atoms with Crippen LogP contribution in [-0.2, 0) is 0 Å². The number of aryl methyl sites for hydroxylation is 2. The van der Waals surface area contributed by atoms with E-state index in [2.05, 4.69) is 11.0 Å². The average molecular weight is 412 g/mol. The first kappa shape index (κ1) is 19.5. The number of hydrogen-bond donors (Lipinski definition) is 0. The van der Waals surface area contributed by atoms with Gasteiger partial charge < -0.3 is 19.3 Å². The van der Waals surface area contributed by atoms with Gasteiger partial charge in [0.25, 0.3) is 5.91 Å². The molecule has 0 saturated carbocycles. The minimum Gasteiger partial charge on any atom is -0.495 e. The van der Waals surface area contributed by atoms with Gasteiger partial charge in [-0.05, 0) is 37.6 Å². The summed E-state index contributed by atoms with van der Waals surface area (Å²) in [6, 6.07) is 9.78. The van der Waals surface area contributed by atoms with Gasteiger partial charge in [-0.2, -0.15) is 0 Å². The molecule has 29 heavy (non-hydrogen) atoms. The standard InChI is InChI=1S/C22H25N3O3S/c1-14-5-6-16(15(2)13-14)21(26)24-9-11-25(12-10-24)22-23-19-17(27-3)7-8-18(28-4)20(19)29-22/h5-8,13H,9-12H2,1-4H3. The predicted octanol–water partition coefficient (Wildman–Crippen LogP) is 3.89. The Balaban J connectivity index is 1.52. The minimum atomic E-state index is 0.106. The fourth-order valence-corrected chi connectivity index (χ4v) is 4.86. The molecule has 1 fully saturated rings. The third-order valence-electron chi connectivity index (χ3n) is 5.35. The van der Waals surface area contributed by atoms with Gasteiger partial charge in [0, 0.05) is 31.7 Å². The summed E-state index contributed by atoms with van der Waals surface area (Å²) in [7, 11) is 3.32. The molecule has 4 rings (SSSR count). The largest absolute Gasteiger partial charge is 0.495 e. The van der Waals surface area contributed by atoms with Crippen LogP contribution in [0.3, 0.4) is 0 Å². The number of methoxy groups -OCH3 is 2. The van der Waals surface area contributed by atoms with Crippen LogP contribution in [0.4, 0.5) is 5.13 Å². The fourth-order valence-electron chi connectivity index (χ4n) is 3.73. The Labute approximate surface area is 174 Å². The monoisotopic (exact) mass is 411 g/mol. The third-order valence-corrected chi connectivity index (χ3v) is 6.48. The molecule has 152 valence electrons. The number of hydrogen-bond acceptors (Lipinski definition) is 6. The molecule has 1 aromatic heterocycles. The van der Waals surface area contributed by atoms with Crippen molar-refractivity contribution in [2.24, 2.45) is 0 Å². The molecule has 2 heterocycles. The van der Waals surface area contributed by atoms with E-state index in [-0.39, 0.29) is 5.91 Å². The van der Waals surface area contributed by atoms with Gasteiger partial charge in [-0.3, -0.25) is 4.79 Å². The van der Waals surface area contributed by atoms with Gasteiger partial charge in [-0.15, -0.1) is 0 Å². The van der Waals surface area contributed by atoms with Gasteiger partial charge in [-0.1, -0.05) is 29.0 Å². The first-order valence-electron chi connectivity index (χ1n) is 9.65. The number of amides is 1. The molecule has 0 atom stereocenters. The van der Waals surface area contributed by atoms with Gasteiger partial charge >= 0.3 is 0 Å². The number of anilines is 1. The predicted molar refractivity (Wildman–Crippen MR) is 117 cm³/mol. The maximum Gasteiger partial charge on any atom is 0.254 e. The van der Waals surface area contributed by atoms with Crippen LogP contribution in [-0.4, -0.2) is 56.2 Å². The molecule has 0 aliphatic carbocycles. The molecule has 0 bridgehead atoms. The highest BCUT2D eigenvalue weighted by atomic mass is 32.1. The van der Waals surface area contributed by atoms with E-state index in [0.29, 0.717) is 13.1 Å². The second-order valence-corrected chi connectivity index (χ2v) is 8.22. The lowest BCUT2D eigenvalue weighted by Crippen LogP contribution is -2.48. The van der Waals surface area contributed by atoms with Crippen molar-refractivity contribution in [2.75, 3.05) is 45.3 Å². The van der Waals surface area contributed by atoms with Crippen LogP contribution in [0.2, 0.25) is 0 Å². The molecular formula is C22H25N3O3S. The number of piperazine rings is 1. The topological polar surface area (TPSA) is 54.9 Å². The normalized spacial score (nSPS) is 14.3. The first-order chi connectivity index (χ1) is 14.0. The fraction of sp³-hybridized carbons (Fsp3) is 0.364. The number of ether oxygens (including phenoxy) is 2. The SMILES string of the molecule is COc1ccc(OC)c2sc(N3CCN(C(=O)c4ccc(C)cc4C)CC3)nc12. The summed E-state index contributed by atoms with van der Waals surface area (Å²) >= 11 is 1.60. The molecule has 0 spiro atoms. The Morgan fingerprint density at radius 3 is 2.34 bits per heavy atom. The zero-order valence-electron chi connectivity index (χ0n) is 17.2. The molecule has 1 aliphatic heterocycles. The molecule has 1 saturated heterocycles. The van der Waals surface area contributed by atoms with Crippen LogP contribution in [0, 0.1) is 13.8 Å². The number of carbonyl (C=O) groups excluding carboxylic acids is 1. The number of carbonyl (C=O) groups is 1. The van der Waals surface area contributed by atoms with E-state index < -0.39 is 0 Å². The van der Waals surface area contributed by atoms with E-state index in [0.717, 1.165) is 51.1 Å². The molecule has 1 aliphatic rings. The lowest BCUT2D eigenvalue weighted by atomic mass is 10.0. The van der Waals surface area contributed by atoms with Crippen molar-refractivity contribution < 1.29 is 14.3 Å². The average Bonchev–Trinajstić information content (AvgIpc) is 3.18. The quantitative estimate of drug-likeness (QED) is 0.652. The van der Waals surface area contributed by atoms with Crippen LogP contribution in [0.25, 0.3) is 10.2 Å². The molecular weight excluding hydrogens is 386 g/mol. The number of aromatic nitrogens is 1. The van der Waals surface area contributed by atoms with Crippen LogP contribution in [0.15, 0.2) is 30.3 Å². The van der Waals surface area contributed by atoms with E-state index in [1.807, 2.05) is 43.0 Å². The summed E-state index contributed by atoms with van der Waals surface area (Å²) in [4.78, 5) is 21.9. The maximum absolute atomic E-state index is 12.9. The molecule has 0 radical (unpaired) electrons. The van der Waals surface area contributed by atoms with Crippen molar-refractivity contribution in [2.45, 2.75) is 13.8 Å². The lowest BCUT2D eigenvalue weighted by Gasteiger charge is -2.34. The zero-order chi connectivity index (χ0) is 20.5. The van der Waals surface area contributed by atoms with Gasteiger partial charge in [0.2, 0.25) is 0 Å². The van der Waals surface area contributed by atoms with E-state index in [1.165, 1.54) is 5.56 Å². The Bertz CT molecular complexity index is 1010. The summed E-state index contributed by atoms with van der Waals surface area (Å²) in [5.74, 6) is 1.65.